The van der Waals surface area contributed by atoms with Crippen molar-refractivity contribution in [2.45, 2.75) is 6.61 Å². The minimum Gasteiger partial charge on any atom is -0.440 e. The van der Waals surface area contributed by atoms with Gasteiger partial charge in [0.15, 0.2) is 6.61 Å². The first-order chi connectivity index (χ1) is 4.79. The van der Waals surface area contributed by atoms with E-state index in [2.05, 4.69) is 25.1 Å². The van der Waals surface area contributed by atoms with Crippen molar-refractivity contribution in [3.63, 3.8) is 0 Å². The zero-order chi connectivity index (χ0) is 7.40. The summed E-state index contributed by atoms with van der Waals surface area (Å²) in [4.78, 5) is 10.0. The van der Waals surface area contributed by atoms with E-state index in [9.17, 15) is 4.79 Å². The molecule has 0 saturated carbocycles. The lowest BCUT2D eigenvalue weighted by Gasteiger charge is -1.93. The van der Waals surface area contributed by atoms with E-state index in [1.807, 2.05) is 0 Å². The van der Waals surface area contributed by atoms with Crippen LogP contribution in [-0.4, -0.2) is 16.3 Å². The Morgan fingerprint density at radius 2 is 2.70 bits per heavy atom. The number of ether oxygens (including phenoxy) is 1. The summed E-state index contributed by atoms with van der Waals surface area (Å²) in [6, 6.07) is 0. The van der Waals surface area contributed by atoms with E-state index in [-0.39, 0.29) is 12.5 Å². The highest BCUT2D eigenvalue weighted by atomic mass is 16.6. The van der Waals surface area contributed by atoms with E-state index in [0.717, 1.165) is 6.39 Å². The van der Waals surface area contributed by atoms with Crippen LogP contribution in [-0.2, 0) is 11.3 Å². The van der Waals surface area contributed by atoms with E-state index in [0.29, 0.717) is 0 Å². The van der Waals surface area contributed by atoms with Gasteiger partial charge in [-0.1, -0.05) is 0 Å². The molecule has 0 radical (unpaired) electrons. The van der Waals surface area contributed by atoms with Crippen LogP contribution in [0.1, 0.15) is 5.89 Å². The Labute approximate surface area is 56.0 Å². The van der Waals surface area contributed by atoms with E-state index < -0.39 is 6.09 Å². The minimum absolute atomic E-state index is 0.0741. The van der Waals surface area contributed by atoms with E-state index in [1.165, 1.54) is 0 Å². The molecular formula is C4H5N3O3. The predicted molar refractivity (Wildman–Crippen MR) is 28.7 cm³/mol. The number of carbonyl (C=O) groups is 1. The second-order valence-corrected chi connectivity index (χ2v) is 1.44. The summed E-state index contributed by atoms with van der Waals surface area (Å²) in [6.45, 7) is -0.0741. The molecule has 1 heterocycles. The van der Waals surface area contributed by atoms with Gasteiger partial charge in [-0.25, -0.2) is 4.79 Å². The molecule has 1 amide bonds. The number of hydrogen-bond donors (Lipinski definition) is 1. The first-order valence-electron chi connectivity index (χ1n) is 2.46. The summed E-state index contributed by atoms with van der Waals surface area (Å²) in [5.41, 5.74) is 4.66. The molecular weight excluding hydrogens is 138 g/mol. The Hall–Kier alpha value is -1.59. The van der Waals surface area contributed by atoms with Crippen molar-refractivity contribution in [3.05, 3.63) is 12.3 Å². The molecule has 0 aliphatic rings. The molecule has 0 atom stereocenters. The SMILES string of the molecule is NC(=O)OCc1nnco1. The summed E-state index contributed by atoms with van der Waals surface area (Å²) in [7, 11) is 0. The maximum absolute atomic E-state index is 10.0. The Kier molecular flexibility index (Phi) is 1.83. The van der Waals surface area contributed by atoms with Gasteiger partial charge in [-0.3, -0.25) is 0 Å². The Bertz CT molecular complexity index is 208. The highest BCUT2D eigenvalue weighted by molar-refractivity contribution is 5.64. The molecule has 54 valence electrons. The van der Waals surface area contributed by atoms with Gasteiger partial charge in [0.05, 0.1) is 0 Å². The minimum atomic E-state index is -0.863. The number of hydrogen-bond acceptors (Lipinski definition) is 5. The molecule has 1 aromatic rings. The topological polar surface area (TPSA) is 91.2 Å². The molecule has 0 aliphatic heterocycles. The lowest BCUT2D eigenvalue weighted by molar-refractivity contribution is 0.139. The largest absolute Gasteiger partial charge is 0.440 e. The average Bonchev–Trinajstić information content (AvgIpc) is 2.34. The third kappa shape index (κ3) is 1.73. The maximum Gasteiger partial charge on any atom is 0.405 e. The summed E-state index contributed by atoms with van der Waals surface area (Å²) >= 11 is 0. The van der Waals surface area contributed by atoms with Gasteiger partial charge in [0.1, 0.15) is 0 Å². The number of carbonyl (C=O) groups excluding carboxylic acids is 1. The number of primary amides is 1. The second-order valence-electron chi connectivity index (χ2n) is 1.44. The van der Waals surface area contributed by atoms with Gasteiger partial charge in [-0.2, -0.15) is 0 Å². The number of aromatic nitrogens is 2. The van der Waals surface area contributed by atoms with Crippen LogP contribution in [0.3, 0.4) is 0 Å². The van der Waals surface area contributed by atoms with Gasteiger partial charge < -0.3 is 14.9 Å². The number of amides is 1. The number of nitrogens with zero attached hydrogens (tertiary/aromatic N) is 2. The molecule has 0 aliphatic carbocycles. The van der Waals surface area contributed by atoms with Crippen LogP contribution in [0.4, 0.5) is 4.79 Å². The molecule has 10 heavy (non-hydrogen) atoms. The van der Waals surface area contributed by atoms with Crippen molar-refractivity contribution in [1.82, 2.24) is 10.2 Å². The average molecular weight is 143 g/mol. The highest BCUT2D eigenvalue weighted by Gasteiger charge is 1.99. The molecule has 6 nitrogen and oxygen atoms in total. The van der Waals surface area contributed by atoms with Crippen LogP contribution in [0.2, 0.25) is 0 Å². The van der Waals surface area contributed by atoms with E-state index in [1.54, 1.807) is 0 Å². The smallest absolute Gasteiger partial charge is 0.405 e. The Morgan fingerprint density at radius 3 is 3.20 bits per heavy atom. The van der Waals surface area contributed by atoms with Crippen LogP contribution < -0.4 is 5.73 Å². The summed E-state index contributed by atoms with van der Waals surface area (Å²) in [6.07, 6.45) is 0.276. The van der Waals surface area contributed by atoms with Gasteiger partial charge >= 0.3 is 6.09 Å². The van der Waals surface area contributed by atoms with Gasteiger partial charge in [-0.15, -0.1) is 10.2 Å². The first kappa shape index (κ1) is 6.53. The van der Waals surface area contributed by atoms with Crippen molar-refractivity contribution < 1.29 is 13.9 Å². The molecule has 6 heteroatoms. The highest BCUT2D eigenvalue weighted by Crippen LogP contribution is 1.92. The fourth-order valence-corrected chi connectivity index (χ4v) is 0.392. The number of rotatable bonds is 2. The van der Waals surface area contributed by atoms with Gasteiger partial charge in [0.2, 0.25) is 6.39 Å². The van der Waals surface area contributed by atoms with Crippen molar-refractivity contribution in [1.29, 1.82) is 0 Å². The van der Waals surface area contributed by atoms with Crippen molar-refractivity contribution in [3.8, 4) is 0 Å². The van der Waals surface area contributed by atoms with Gasteiger partial charge in [0, 0.05) is 0 Å². The molecule has 0 spiro atoms. The van der Waals surface area contributed by atoms with E-state index >= 15 is 0 Å². The monoisotopic (exact) mass is 143 g/mol. The fourth-order valence-electron chi connectivity index (χ4n) is 0.392. The zero-order valence-corrected chi connectivity index (χ0v) is 4.98. The van der Waals surface area contributed by atoms with Crippen molar-refractivity contribution in [2.24, 2.45) is 5.73 Å². The van der Waals surface area contributed by atoms with Crippen LogP contribution in [0.5, 0.6) is 0 Å². The molecule has 0 fully saturated rings. The lowest BCUT2D eigenvalue weighted by atomic mass is 10.7. The van der Waals surface area contributed by atoms with Crippen LogP contribution in [0.15, 0.2) is 10.8 Å². The molecule has 1 rings (SSSR count). The van der Waals surface area contributed by atoms with Crippen LogP contribution in [0, 0.1) is 0 Å². The summed E-state index contributed by atoms with van der Waals surface area (Å²) < 4.78 is 8.96. The maximum atomic E-state index is 10.0. The molecule has 0 aromatic carbocycles. The molecule has 1 aromatic heterocycles. The van der Waals surface area contributed by atoms with Crippen molar-refractivity contribution >= 4 is 6.09 Å². The number of nitrogens with two attached hydrogens (primary N) is 1. The second kappa shape index (κ2) is 2.81. The first-order valence-corrected chi connectivity index (χ1v) is 2.46. The Morgan fingerprint density at radius 1 is 1.90 bits per heavy atom. The molecule has 2 N–H and O–H groups in total. The standard InChI is InChI=1S/C4H5N3O3/c5-4(8)9-1-3-7-6-2-10-3/h2H,1H2,(H2,5,8). The van der Waals surface area contributed by atoms with Gasteiger partial charge in [-0.05, 0) is 0 Å². The molecule has 0 unspecified atom stereocenters. The van der Waals surface area contributed by atoms with Crippen LogP contribution in [0.25, 0.3) is 0 Å². The quantitative estimate of drug-likeness (QED) is 0.611. The third-order valence-corrected chi connectivity index (χ3v) is 0.743. The fraction of sp³-hybridized carbons (Fsp3) is 0.250. The third-order valence-electron chi connectivity index (χ3n) is 0.743. The van der Waals surface area contributed by atoms with E-state index in [4.69, 9.17) is 0 Å². The lowest BCUT2D eigenvalue weighted by Crippen LogP contribution is -2.12. The molecule has 0 bridgehead atoms. The predicted octanol–water partition coefficient (Wildman–Crippen LogP) is -0.335. The zero-order valence-electron chi connectivity index (χ0n) is 4.98. The van der Waals surface area contributed by atoms with Crippen LogP contribution >= 0.6 is 0 Å². The molecule has 0 saturated heterocycles. The van der Waals surface area contributed by atoms with Crippen molar-refractivity contribution in [2.75, 3.05) is 0 Å². The van der Waals surface area contributed by atoms with Gasteiger partial charge in [0.25, 0.3) is 5.89 Å². The summed E-state index contributed by atoms with van der Waals surface area (Å²) in [5, 5.41) is 6.79. The normalized spacial score (nSPS) is 9.20. The summed E-state index contributed by atoms with van der Waals surface area (Å²) in [5.74, 6) is 0.221. The Balaban J connectivity index is 2.35.